The molecular formula is C17H23NOS. The summed E-state index contributed by atoms with van der Waals surface area (Å²) in [6, 6.07) is 6.92. The van der Waals surface area contributed by atoms with E-state index in [-0.39, 0.29) is 0 Å². The van der Waals surface area contributed by atoms with E-state index < -0.39 is 0 Å². The number of thiophene rings is 1. The van der Waals surface area contributed by atoms with E-state index in [1.54, 1.807) is 16.7 Å². The van der Waals surface area contributed by atoms with E-state index in [1.165, 1.54) is 25.7 Å². The molecule has 2 atom stereocenters. The minimum Gasteiger partial charge on any atom is -0.469 e. The molecule has 0 amide bonds. The van der Waals surface area contributed by atoms with Gasteiger partial charge in [0.05, 0.1) is 6.26 Å². The van der Waals surface area contributed by atoms with Crippen molar-refractivity contribution < 1.29 is 4.42 Å². The lowest BCUT2D eigenvalue weighted by Gasteiger charge is -2.31. The molecule has 0 saturated heterocycles. The van der Waals surface area contributed by atoms with Gasteiger partial charge in [0.15, 0.2) is 0 Å². The summed E-state index contributed by atoms with van der Waals surface area (Å²) in [6.45, 7) is 3.31. The van der Waals surface area contributed by atoms with Gasteiger partial charge in [0, 0.05) is 23.3 Å². The van der Waals surface area contributed by atoms with Crippen LogP contribution in [0.15, 0.2) is 34.3 Å². The average Bonchev–Trinajstić information content (AvgIpc) is 3.13. The maximum atomic E-state index is 5.57. The highest BCUT2D eigenvalue weighted by atomic mass is 32.1. The molecule has 3 heteroatoms. The van der Waals surface area contributed by atoms with Crippen molar-refractivity contribution in [2.45, 2.75) is 51.0 Å². The fraction of sp³-hybridized carbons (Fsp3) is 0.529. The van der Waals surface area contributed by atoms with Gasteiger partial charge in [-0.05, 0) is 61.4 Å². The molecule has 0 fully saturated rings. The lowest BCUT2D eigenvalue weighted by atomic mass is 9.81. The zero-order valence-corrected chi connectivity index (χ0v) is 12.9. The second-order valence-electron chi connectivity index (χ2n) is 5.64. The minimum absolute atomic E-state index is 0.495. The Balaban J connectivity index is 1.79. The molecule has 0 aliphatic heterocycles. The number of nitrogens with one attached hydrogen (secondary N) is 1. The van der Waals surface area contributed by atoms with E-state index in [4.69, 9.17) is 4.42 Å². The second kappa shape index (κ2) is 6.59. The molecule has 0 radical (unpaired) electrons. The highest BCUT2D eigenvalue weighted by Gasteiger charge is 2.28. The van der Waals surface area contributed by atoms with Crippen LogP contribution in [0, 0.1) is 0 Å². The number of hydrogen-bond donors (Lipinski definition) is 1. The summed E-state index contributed by atoms with van der Waals surface area (Å²) in [7, 11) is 0. The third kappa shape index (κ3) is 2.99. The predicted octanol–water partition coefficient (Wildman–Crippen LogP) is 4.37. The van der Waals surface area contributed by atoms with Crippen LogP contribution in [0.4, 0.5) is 0 Å². The summed E-state index contributed by atoms with van der Waals surface area (Å²) >= 11 is 1.93. The molecule has 3 rings (SSSR count). The van der Waals surface area contributed by atoms with Gasteiger partial charge in [-0.3, -0.25) is 0 Å². The Labute approximate surface area is 125 Å². The van der Waals surface area contributed by atoms with Crippen molar-refractivity contribution in [3.63, 3.8) is 0 Å². The maximum absolute atomic E-state index is 5.57. The van der Waals surface area contributed by atoms with Gasteiger partial charge in [0.2, 0.25) is 0 Å². The molecule has 2 aromatic heterocycles. The quantitative estimate of drug-likeness (QED) is 0.854. The fourth-order valence-corrected chi connectivity index (χ4v) is 4.27. The summed E-state index contributed by atoms with van der Waals surface area (Å²) < 4.78 is 5.57. The van der Waals surface area contributed by atoms with E-state index in [9.17, 15) is 0 Å². The van der Waals surface area contributed by atoms with E-state index in [0.29, 0.717) is 12.0 Å². The summed E-state index contributed by atoms with van der Waals surface area (Å²) in [5, 5.41) is 6.01. The van der Waals surface area contributed by atoms with Crippen molar-refractivity contribution in [3.05, 3.63) is 46.0 Å². The number of fused-ring (bicyclic) bond motifs is 1. The van der Waals surface area contributed by atoms with Gasteiger partial charge < -0.3 is 9.73 Å². The maximum Gasteiger partial charge on any atom is 0.105 e. The van der Waals surface area contributed by atoms with Crippen molar-refractivity contribution in [2.24, 2.45) is 0 Å². The first-order valence-electron chi connectivity index (χ1n) is 7.70. The topological polar surface area (TPSA) is 25.2 Å². The van der Waals surface area contributed by atoms with Gasteiger partial charge in [0.1, 0.15) is 5.76 Å². The smallest absolute Gasteiger partial charge is 0.105 e. The predicted molar refractivity (Wildman–Crippen MR) is 84.5 cm³/mol. The normalized spacial score (nSPS) is 19.8. The Bertz CT molecular complexity index is 517. The first-order valence-corrected chi connectivity index (χ1v) is 8.58. The Kier molecular flexibility index (Phi) is 4.58. The zero-order valence-electron chi connectivity index (χ0n) is 12.1. The van der Waals surface area contributed by atoms with Crippen LogP contribution in [-0.4, -0.2) is 12.6 Å². The minimum atomic E-state index is 0.495. The molecular weight excluding hydrogens is 266 g/mol. The van der Waals surface area contributed by atoms with Crippen LogP contribution in [-0.2, 0) is 12.8 Å². The third-order valence-electron chi connectivity index (χ3n) is 4.24. The van der Waals surface area contributed by atoms with Crippen LogP contribution >= 0.6 is 11.3 Å². The Morgan fingerprint density at radius 3 is 3.20 bits per heavy atom. The zero-order chi connectivity index (χ0) is 13.8. The van der Waals surface area contributed by atoms with E-state index in [0.717, 1.165) is 18.7 Å². The fourth-order valence-electron chi connectivity index (χ4n) is 3.27. The highest BCUT2D eigenvalue weighted by Crippen LogP contribution is 2.37. The van der Waals surface area contributed by atoms with Crippen molar-refractivity contribution in [1.82, 2.24) is 5.32 Å². The van der Waals surface area contributed by atoms with E-state index >= 15 is 0 Å². The largest absolute Gasteiger partial charge is 0.469 e. The number of rotatable bonds is 6. The van der Waals surface area contributed by atoms with Gasteiger partial charge in [-0.15, -0.1) is 11.3 Å². The van der Waals surface area contributed by atoms with Gasteiger partial charge in [0.25, 0.3) is 0 Å². The third-order valence-corrected chi connectivity index (χ3v) is 5.24. The summed E-state index contributed by atoms with van der Waals surface area (Å²) in [4.78, 5) is 1.60. The molecule has 2 aromatic rings. The van der Waals surface area contributed by atoms with Crippen molar-refractivity contribution in [3.8, 4) is 0 Å². The standard InChI is InChI=1S/C17H23NOS/c1-2-9-18-16(12-13-5-4-10-19-13)14-6-3-7-17-15(14)8-11-20-17/h4-5,8,10-11,14,16,18H,2-3,6-7,9,12H2,1H3. The van der Waals surface area contributed by atoms with Crippen LogP contribution in [0.2, 0.25) is 0 Å². The highest BCUT2D eigenvalue weighted by molar-refractivity contribution is 7.10. The van der Waals surface area contributed by atoms with Crippen LogP contribution in [0.5, 0.6) is 0 Å². The monoisotopic (exact) mass is 289 g/mol. The van der Waals surface area contributed by atoms with E-state index in [1.807, 2.05) is 17.4 Å². The van der Waals surface area contributed by atoms with Crippen molar-refractivity contribution in [2.75, 3.05) is 6.54 Å². The van der Waals surface area contributed by atoms with Crippen LogP contribution in [0.25, 0.3) is 0 Å². The lowest BCUT2D eigenvalue weighted by molar-refractivity contribution is 0.366. The number of hydrogen-bond acceptors (Lipinski definition) is 3. The second-order valence-corrected chi connectivity index (χ2v) is 6.64. The van der Waals surface area contributed by atoms with Crippen molar-refractivity contribution in [1.29, 1.82) is 0 Å². The lowest BCUT2D eigenvalue weighted by Crippen LogP contribution is -2.38. The molecule has 2 unspecified atom stereocenters. The molecule has 20 heavy (non-hydrogen) atoms. The van der Waals surface area contributed by atoms with Crippen LogP contribution in [0.1, 0.15) is 48.3 Å². The molecule has 108 valence electrons. The Morgan fingerprint density at radius 1 is 1.45 bits per heavy atom. The molecule has 0 bridgehead atoms. The average molecular weight is 289 g/mol. The molecule has 0 aromatic carbocycles. The number of furan rings is 1. The molecule has 1 aliphatic carbocycles. The molecule has 2 heterocycles. The summed E-state index contributed by atoms with van der Waals surface area (Å²) in [6.07, 6.45) is 7.84. The first-order chi connectivity index (χ1) is 9.88. The van der Waals surface area contributed by atoms with Crippen LogP contribution in [0.3, 0.4) is 0 Å². The van der Waals surface area contributed by atoms with Gasteiger partial charge >= 0.3 is 0 Å². The van der Waals surface area contributed by atoms with Crippen molar-refractivity contribution >= 4 is 11.3 Å². The van der Waals surface area contributed by atoms with Gasteiger partial charge in [-0.25, -0.2) is 0 Å². The molecule has 0 spiro atoms. The summed E-state index contributed by atoms with van der Waals surface area (Å²) in [5.74, 6) is 1.74. The Morgan fingerprint density at radius 2 is 2.40 bits per heavy atom. The Hall–Kier alpha value is -1.06. The molecule has 2 nitrogen and oxygen atoms in total. The summed E-state index contributed by atoms with van der Waals surface area (Å²) in [5.41, 5.74) is 1.58. The molecule has 0 saturated carbocycles. The van der Waals surface area contributed by atoms with Crippen LogP contribution < -0.4 is 5.32 Å². The first kappa shape index (κ1) is 13.9. The van der Waals surface area contributed by atoms with Gasteiger partial charge in [-0.2, -0.15) is 0 Å². The molecule has 1 aliphatic rings. The number of aryl methyl sites for hydroxylation is 1. The van der Waals surface area contributed by atoms with E-state index in [2.05, 4.69) is 29.8 Å². The molecule has 1 N–H and O–H groups in total. The van der Waals surface area contributed by atoms with Gasteiger partial charge in [-0.1, -0.05) is 6.92 Å². The SMILES string of the molecule is CCCNC(Cc1ccco1)C1CCCc2sccc21.